The van der Waals surface area contributed by atoms with Gasteiger partial charge in [0.1, 0.15) is 11.4 Å². The first kappa shape index (κ1) is 17.1. The third-order valence-electron chi connectivity index (χ3n) is 3.06. The Hall–Kier alpha value is -0.960. The maximum Gasteiger partial charge on any atom is 0.340 e. The van der Waals surface area contributed by atoms with E-state index in [1.54, 1.807) is 20.8 Å². The third-order valence-corrected chi connectivity index (χ3v) is 5.53. The molecule has 4 nitrogen and oxygen atoms in total. The number of carbonyl (C=O) groups is 1. The molecule has 0 heterocycles. The van der Waals surface area contributed by atoms with Crippen LogP contribution >= 0.6 is 7.60 Å². The van der Waals surface area contributed by atoms with Gasteiger partial charge in [-0.2, -0.15) is 0 Å². The lowest BCUT2D eigenvalue weighted by Crippen LogP contribution is -2.21. The lowest BCUT2D eigenvalue weighted by Gasteiger charge is -2.22. The first-order valence-corrected chi connectivity index (χ1v) is 8.60. The minimum Gasteiger partial charge on any atom is -0.308 e. The van der Waals surface area contributed by atoms with Crippen molar-refractivity contribution in [1.29, 1.82) is 0 Å². The predicted molar refractivity (Wildman–Crippen MR) is 80.1 cm³/mol. The fraction of sp³-hybridized carbons (Fsp3) is 0.533. The smallest absolute Gasteiger partial charge is 0.308 e. The molecule has 0 N–H and O–H groups in total. The predicted octanol–water partition coefficient (Wildman–Crippen LogP) is 3.84. The van der Waals surface area contributed by atoms with Gasteiger partial charge in [-0.1, -0.05) is 30.3 Å². The number of ketones is 1. The highest BCUT2D eigenvalue weighted by atomic mass is 31.2. The van der Waals surface area contributed by atoms with Gasteiger partial charge in [-0.15, -0.1) is 0 Å². The summed E-state index contributed by atoms with van der Waals surface area (Å²) in [5.74, 6) is -0.0842. The highest BCUT2D eigenvalue weighted by Gasteiger charge is 2.36. The number of Topliss-reactive ketones (excluding diaryl/α,β-unsaturated/α-hetero) is 1. The Kier molecular flexibility index (Phi) is 7.14. The molecule has 20 heavy (non-hydrogen) atoms. The first-order valence-electron chi connectivity index (χ1n) is 6.99. The molecule has 0 aliphatic heterocycles. The number of hydrogen-bond donors (Lipinski definition) is 0. The normalized spacial score (nSPS) is 13.2. The molecule has 0 bridgehead atoms. The number of hydrogen-bond acceptors (Lipinski definition) is 4. The molecule has 1 atom stereocenters. The summed E-state index contributed by atoms with van der Waals surface area (Å²) in [7, 11) is -3.34. The Labute approximate surface area is 121 Å². The van der Waals surface area contributed by atoms with Gasteiger partial charge in [0.15, 0.2) is 0 Å². The Morgan fingerprint density at radius 1 is 1.15 bits per heavy atom. The maximum atomic E-state index is 12.5. The first-order chi connectivity index (χ1) is 9.53. The second kappa shape index (κ2) is 8.35. The van der Waals surface area contributed by atoms with Gasteiger partial charge >= 0.3 is 7.60 Å². The van der Waals surface area contributed by atoms with E-state index in [0.717, 1.165) is 5.56 Å². The second-order valence-electron chi connectivity index (χ2n) is 4.50. The zero-order valence-electron chi connectivity index (χ0n) is 12.4. The van der Waals surface area contributed by atoms with E-state index in [1.165, 1.54) is 0 Å². The Balaban J connectivity index is 2.63. The van der Waals surface area contributed by atoms with Crippen molar-refractivity contribution in [2.24, 2.45) is 0 Å². The van der Waals surface area contributed by atoms with Gasteiger partial charge in [0.05, 0.1) is 13.2 Å². The average Bonchev–Trinajstić information content (AvgIpc) is 2.45. The van der Waals surface area contributed by atoms with Gasteiger partial charge in [-0.25, -0.2) is 0 Å². The molecule has 1 aromatic carbocycles. The summed E-state index contributed by atoms with van der Waals surface area (Å²) in [6.07, 6.45) is 0.984. The van der Waals surface area contributed by atoms with E-state index < -0.39 is 13.3 Å². The zero-order chi connectivity index (χ0) is 15.0. The fourth-order valence-corrected chi connectivity index (χ4v) is 3.64. The van der Waals surface area contributed by atoms with E-state index in [4.69, 9.17) is 9.05 Å². The van der Waals surface area contributed by atoms with Crippen LogP contribution in [0.2, 0.25) is 0 Å². The minimum atomic E-state index is -3.34. The van der Waals surface area contributed by atoms with Gasteiger partial charge in [0.25, 0.3) is 0 Å². The van der Waals surface area contributed by atoms with Crippen molar-refractivity contribution in [3.63, 3.8) is 0 Å². The summed E-state index contributed by atoms with van der Waals surface area (Å²) in [6, 6.07) is 9.76. The average molecular weight is 298 g/mol. The van der Waals surface area contributed by atoms with Crippen LogP contribution in [0.15, 0.2) is 30.3 Å². The molecule has 0 spiro atoms. The van der Waals surface area contributed by atoms with Crippen LogP contribution in [0.4, 0.5) is 0 Å². The van der Waals surface area contributed by atoms with Crippen LogP contribution in [0.25, 0.3) is 0 Å². The largest absolute Gasteiger partial charge is 0.340 e. The van der Waals surface area contributed by atoms with E-state index in [2.05, 4.69) is 0 Å². The van der Waals surface area contributed by atoms with E-state index in [0.29, 0.717) is 12.8 Å². The van der Waals surface area contributed by atoms with E-state index >= 15 is 0 Å². The van der Waals surface area contributed by atoms with Gasteiger partial charge in [-0.3, -0.25) is 9.36 Å². The van der Waals surface area contributed by atoms with Crippen LogP contribution < -0.4 is 0 Å². The fourth-order valence-electron chi connectivity index (χ4n) is 1.92. The van der Waals surface area contributed by atoms with E-state index in [1.807, 2.05) is 30.3 Å². The maximum absolute atomic E-state index is 12.5. The van der Waals surface area contributed by atoms with Crippen LogP contribution in [-0.2, 0) is 24.8 Å². The van der Waals surface area contributed by atoms with Crippen molar-refractivity contribution in [2.75, 3.05) is 13.2 Å². The number of benzene rings is 1. The molecule has 5 heteroatoms. The second-order valence-corrected chi connectivity index (χ2v) is 6.87. The number of carbonyl (C=O) groups excluding carboxylic acids is 1. The van der Waals surface area contributed by atoms with Crippen LogP contribution in [0, 0.1) is 0 Å². The lowest BCUT2D eigenvalue weighted by atomic mass is 10.1. The molecule has 0 fully saturated rings. The summed E-state index contributed by atoms with van der Waals surface area (Å²) < 4.78 is 22.9. The quantitative estimate of drug-likeness (QED) is 0.650. The molecule has 1 aromatic rings. The molecule has 1 rings (SSSR count). The zero-order valence-corrected chi connectivity index (χ0v) is 13.3. The summed E-state index contributed by atoms with van der Waals surface area (Å²) in [5, 5.41) is 0. The molecule has 0 radical (unpaired) electrons. The Morgan fingerprint density at radius 3 is 2.20 bits per heavy atom. The molecule has 0 aliphatic rings. The molecule has 0 amide bonds. The molecule has 0 aromatic heterocycles. The van der Waals surface area contributed by atoms with Crippen molar-refractivity contribution in [3.8, 4) is 0 Å². The Morgan fingerprint density at radius 2 is 1.70 bits per heavy atom. The van der Waals surface area contributed by atoms with Crippen LogP contribution in [0.3, 0.4) is 0 Å². The highest BCUT2D eigenvalue weighted by molar-refractivity contribution is 7.55. The van der Waals surface area contributed by atoms with Crippen LogP contribution in [0.5, 0.6) is 0 Å². The lowest BCUT2D eigenvalue weighted by molar-refractivity contribution is -0.118. The summed E-state index contributed by atoms with van der Waals surface area (Å²) in [5.41, 5.74) is 0.377. The standard InChI is InChI=1S/C15H23O4P/c1-4-18-20(17,19-5-2)13(3)15(16)12-11-14-9-7-6-8-10-14/h6-10,13H,4-5,11-12H2,1-3H3. The van der Waals surface area contributed by atoms with Gasteiger partial charge < -0.3 is 9.05 Å². The summed E-state index contributed by atoms with van der Waals surface area (Å²) in [4.78, 5) is 12.2. The summed E-state index contributed by atoms with van der Waals surface area (Å²) >= 11 is 0. The van der Waals surface area contributed by atoms with Crippen LogP contribution in [0.1, 0.15) is 32.8 Å². The van der Waals surface area contributed by atoms with Crippen molar-refractivity contribution >= 4 is 13.4 Å². The molecule has 112 valence electrons. The van der Waals surface area contributed by atoms with Gasteiger partial charge in [-0.05, 0) is 32.8 Å². The topological polar surface area (TPSA) is 52.6 Å². The molecule has 0 saturated carbocycles. The summed E-state index contributed by atoms with van der Waals surface area (Å²) in [6.45, 7) is 5.65. The molecular formula is C15H23O4P. The number of rotatable bonds is 9. The molecular weight excluding hydrogens is 275 g/mol. The number of aryl methyl sites for hydroxylation is 1. The van der Waals surface area contributed by atoms with Crippen molar-refractivity contribution in [2.45, 2.75) is 39.3 Å². The molecule has 1 unspecified atom stereocenters. The Bertz CT molecular complexity index is 448. The minimum absolute atomic E-state index is 0.0842. The molecule has 0 aliphatic carbocycles. The molecule has 0 saturated heterocycles. The van der Waals surface area contributed by atoms with Gasteiger partial charge in [0, 0.05) is 6.42 Å². The van der Waals surface area contributed by atoms with E-state index in [9.17, 15) is 9.36 Å². The van der Waals surface area contributed by atoms with Crippen LogP contribution in [-0.4, -0.2) is 24.7 Å². The van der Waals surface area contributed by atoms with Gasteiger partial charge in [0.2, 0.25) is 0 Å². The van der Waals surface area contributed by atoms with E-state index in [-0.39, 0.29) is 19.0 Å². The van der Waals surface area contributed by atoms with Crippen molar-refractivity contribution in [3.05, 3.63) is 35.9 Å². The monoisotopic (exact) mass is 298 g/mol. The third kappa shape index (κ3) is 4.86. The highest BCUT2D eigenvalue weighted by Crippen LogP contribution is 2.53. The van der Waals surface area contributed by atoms with Crippen molar-refractivity contribution in [1.82, 2.24) is 0 Å². The SMILES string of the molecule is CCOP(=O)(OCC)C(C)C(=O)CCc1ccccc1. The van der Waals surface area contributed by atoms with Crippen molar-refractivity contribution < 1.29 is 18.4 Å².